The van der Waals surface area contributed by atoms with Crippen LogP contribution in [0, 0.1) is 5.92 Å². The zero-order valence-electron chi connectivity index (χ0n) is 16.7. The first-order valence-corrected chi connectivity index (χ1v) is 10.1. The van der Waals surface area contributed by atoms with Gasteiger partial charge >= 0.3 is 5.97 Å². The van der Waals surface area contributed by atoms with E-state index in [0.29, 0.717) is 25.5 Å². The normalized spacial score (nSPS) is 25.3. The average molecular weight is 373 g/mol. The van der Waals surface area contributed by atoms with E-state index in [2.05, 4.69) is 12.1 Å². The van der Waals surface area contributed by atoms with Gasteiger partial charge in [-0.15, -0.1) is 0 Å². The first-order valence-electron chi connectivity index (χ1n) is 10.1. The lowest BCUT2D eigenvalue weighted by Crippen LogP contribution is -2.49. The van der Waals surface area contributed by atoms with Crippen molar-refractivity contribution in [2.24, 2.45) is 5.92 Å². The first kappa shape index (κ1) is 19.7. The largest absolute Gasteiger partial charge is 0.497 e. The number of esters is 1. The topological polar surface area (TPSA) is 55.8 Å². The van der Waals surface area contributed by atoms with E-state index in [1.165, 1.54) is 5.56 Å². The molecule has 1 heterocycles. The second-order valence-corrected chi connectivity index (χ2v) is 8.14. The summed E-state index contributed by atoms with van der Waals surface area (Å²) in [4.78, 5) is 26.1. The quantitative estimate of drug-likeness (QED) is 0.710. The second kappa shape index (κ2) is 8.32. The molecule has 0 N–H and O–H groups in total. The summed E-state index contributed by atoms with van der Waals surface area (Å²) in [5.41, 5.74) is 1.32. The summed E-state index contributed by atoms with van der Waals surface area (Å²) in [7, 11) is 1.68. The Kier molecular flexibility index (Phi) is 6.08. The van der Waals surface area contributed by atoms with Crippen LogP contribution in [0.25, 0.3) is 0 Å². The molecule has 1 spiro atoms. The summed E-state index contributed by atoms with van der Waals surface area (Å²) in [5, 5.41) is 0. The van der Waals surface area contributed by atoms with Crippen LogP contribution < -0.4 is 4.74 Å². The number of nitrogens with zero attached hydrogens (tertiary/aromatic N) is 1. The molecular weight excluding hydrogens is 342 g/mol. The van der Waals surface area contributed by atoms with Crippen molar-refractivity contribution in [3.63, 3.8) is 0 Å². The maximum absolute atomic E-state index is 12.5. The van der Waals surface area contributed by atoms with Gasteiger partial charge in [0.25, 0.3) is 0 Å². The predicted molar refractivity (Wildman–Crippen MR) is 104 cm³/mol. The smallest absolute Gasteiger partial charge is 0.308 e. The Labute approximate surface area is 162 Å². The number of amides is 1. The Bertz CT molecular complexity index is 659. The maximum Gasteiger partial charge on any atom is 0.308 e. The van der Waals surface area contributed by atoms with Crippen molar-refractivity contribution < 1.29 is 19.1 Å². The number of hydrogen-bond acceptors (Lipinski definition) is 4. The van der Waals surface area contributed by atoms with Crippen LogP contribution in [0.1, 0.15) is 63.9 Å². The highest BCUT2D eigenvalue weighted by Crippen LogP contribution is 2.46. The van der Waals surface area contributed by atoms with Gasteiger partial charge in [-0.2, -0.15) is 0 Å². The van der Waals surface area contributed by atoms with E-state index in [-0.39, 0.29) is 23.3 Å². The van der Waals surface area contributed by atoms with Crippen LogP contribution in [0.3, 0.4) is 0 Å². The fourth-order valence-electron chi connectivity index (χ4n) is 4.52. The highest BCUT2D eigenvalue weighted by molar-refractivity contribution is 5.80. The van der Waals surface area contributed by atoms with E-state index in [9.17, 15) is 9.59 Å². The Morgan fingerprint density at radius 1 is 1.19 bits per heavy atom. The van der Waals surface area contributed by atoms with Gasteiger partial charge in [0.2, 0.25) is 5.91 Å². The van der Waals surface area contributed by atoms with Crippen LogP contribution in [0.15, 0.2) is 24.3 Å². The predicted octanol–water partition coefficient (Wildman–Crippen LogP) is 3.91. The monoisotopic (exact) mass is 373 g/mol. The number of methoxy groups -OCH3 is 1. The number of hydrogen-bond donors (Lipinski definition) is 0. The summed E-state index contributed by atoms with van der Waals surface area (Å²) in [5.74, 6) is 1.30. The minimum Gasteiger partial charge on any atom is -0.497 e. The number of benzene rings is 1. The van der Waals surface area contributed by atoms with E-state index < -0.39 is 0 Å². The molecule has 5 nitrogen and oxygen atoms in total. The molecule has 27 heavy (non-hydrogen) atoms. The van der Waals surface area contributed by atoms with E-state index >= 15 is 0 Å². The van der Waals surface area contributed by atoms with Crippen LogP contribution in [0.4, 0.5) is 0 Å². The van der Waals surface area contributed by atoms with Gasteiger partial charge in [-0.1, -0.05) is 26.0 Å². The third-order valence-electron chi connectivity index (χ3n) is 6.21. The van der Waals surface area contributed by atoms with Gasteiger partial charge in [0, 0.05) is 12.0 Å². The Balaban J connectivity index is 1.58. The summed E-state index contributed by atoms with van der Waals surface area (Å²) in [6.07, 6.45) is 5.76. The van der Waals surface area contributed by atoms with Gasteiger partial charge in [0.15, 0.2) is 0 Å². The Morgan fingerprint density at radius 2 is 1.85 bits per heavy atom. The molecule has 0 aromatic heterocycles. The molecule has 0 bridgehead atoms. The molecule has 1 aliphatic carbocycles. The third kappa shape index (κ3) is 4.28. The van der Waals surface area contributed by atoms with Gasteiger partial charge in [0.05, 0.1) is 19.6 Å². The molecule has 1 saturated heterocycles. The molecule has 2 fully saturated rings. The van der Waals surface area contributed by atoms with Crippen LogP contribution in [0.5, 0.6) is 5.75 Å². The van der Waals surface area contributed by atoms with Crippen LogP contribution >= 0.6 is 0 Å². The van der Waals surface area contributed by atoms with Crippen molar-refractivity contribution in [1.82, 2.24) is 4.90 Å². The molecule has 1 saturated carbocycles. The second-order valence-electron chi connectivity index (χ2n) is 8.14. The molecule has 1 amide bonds. The van der Waals surface area contributed by atoms with E-state index in [0.717, 1.165) is 37.9 Å². The minimum atomic E-state index is -0.195. The van der Waals surface area contributed by atoms with Crippen molar-refractivity contribution in [2.45, 2.75) is 63.8 Å². The van der Waals surface area contributed by atoms with Gasteiger partial charge in [-0.05, 0) is 55.7 Å². The molecule has 5 heteroatoms. The van der Waals surface area contributed by atoms with Crippen molar-refractivity contribution in [1.29, 1.82) is 0 Å². The number of likely N-dealkylation sites (tertiary alicyclic amines) is 1. The number of carbonyl (C=O) groups is 2. The molecule has 3 rings (SSSR count). The van der Waals surface area contributed by atoms with E-state index in [4.69, 9.17) is 9.47 Å². The summed E-state index contributed by atoms with van der Waals surface area (Å²) < 4.78 is 10.6. The van der Waals surface area contributed by atoms with E-state index in [1.54, 1.807) is 7.11 Å². The average Bonchev–Trinajstić information content (AvgIpc) is 2.98. The lowest BCUT2D eigenvalue weighted by atomic mass is 9.73. The standard InChI is InChI=1S/C22H31NO4/c1-16(2)21(25)27-15-14-23-20(24)10-13-22(23)11-8-18(9-12-22)17-4-6-19(26-3)7-5-17/h4-7,16,18H,8-15H2,1-3H3. The van der Waals surface area contributed by atoms with Gasteiger partial charge in [-0.25, -0.2) is 0 Å². The number of ether oxygens (including phenoxy) is 2. The first-order chi connectivity index (χ1) is 12.9. The van der Waals surface area contributed by atoms with Crippen LogP contribution in [-0.2, 0) is 14.3 Å². The van der Waals surface area contributed by atoms with Crippen LogP contribution in [-0.4, -0.2) is 42.6 Å². The zero-order valence-corrected chi connectivity index (χ0v) is 16.7. The molecule has 2 aliphatic rings. The van der Waals surface area contributed by atoms with Crippen LogP contribution in [0.2, 0.25) is 0 Å². The fourth-order valence-corrected chi connectivity index (χ4v) is 4.52. The Hall–Kier alpha value is -2.04. The highest BCUT2D eigenvalue weighted by Gasteiger charge is 2.46. The SMILES string of the molecule is COc1ccc(C2CCC3(CCC(=O)N3CCOC(=O)C(C)C)CC2)cc1. The summed E-state index contributed by atoms with van der Waals surface area (Å²) in [6, 6.07) is 8.36. The van der Waals surface area contributed by atoms with E-state index in [1.807, 2.05) is 30.9 Å². The Morgan fingerprint density at radius 3 is 2.44 bits per heavy atom. The molecule has 1 aliphatic heterocycles. The molecule has 0 unspecified atom stereocenters. The maximum atomic E-state index is 12.5. The molecule has 1 aromatic carbocycles. The number of rotatable bonds is 6. The molecule has 1 aromatic rings. The molecular formula is C22H31NO4. The summed E-state index contributed by atoms with van der Waals surface area (Å²) >= 11 is 0. The highest BCUT2D eigenvalue weighted by atomic mass is 16.5. The van der Waals surface area contributed by atoms with Gasteiger partial charge in [0.1, 0.15) is 12.4 Å². The molecule has 0 radical (unpaired) electrons. The zero-order chi connectivity index (χ0) is 19.4. The number of carbonyl (C=O) groups excluding carboxylic acids is 2. The van der Waals surface area contributed by atoms with Gasteiger partial charge < -0.3 is 14.4 Å². The van der Waals surface area contributed by atoms with Crippen molar-refractivity contribution in [2.75, 3.05) is 20.3 Å². The minimum absolute atomic E-state index is 0.0374. The van der Waals surface area contributed by atoms with Crippen molar-refractivity contribution in [3.05, 3.63) is 29.8 Å². The van der Waals surface area contributed by atoms with Crippen molar-refractivity contribution in [3.8, 4) is 5.75 Å². The summed E-state index contributed by atoms with van der Waals surface area (Å²) in [6.45, 7) is 4.47. The fraction of sp³-hybridized carbons (Fsp3) is 0.636. The molecule has 0 atom stereocenters. The van der Waals surface area contributed by atoms with Crippen molar-refractivity contribution >= 4 is 11.9 Å². The van der Waals surface area contributed by atoms with Gasteiger partial charge in [-0.3, -0.25) is 9.59 Å². The lowest BCUT2D eigenvalue weighted by Gasteiger charge is -2.44. The third-order valence-corrected chi connectivity index (χ3v) is 6.21. The lowest BCUT2D eigenvalue weighted by molar-refractivity contribution is -0.150. The molecule has 148 valence electrons.